The number of fused-ring (bicyclic) bond motifs is 3. The van der Waals surface area contributed by atoms with E-state index in [9.17, 15) is 14.4 Å². The number of rotatable bonds is 16. The van der Waals surface area contributed by atoms with Crippen molar-refractivity contribution in [3.05, 3.63) is 153 Å². The summed E-state index contributed by atoms with van der Waals surface area (Å²) in [6.45, 7) is 10.0. The number of carbonyl (C=O) groups excluding carboxylic acids is 3. The van der Waals surface area contributed by atoms with E-state index >= 15 is 0 Å². The van der Waals surface area contributed by atoms with Gasteiger partial charge >= 0.3 is 5.97 Å². The van der Waals surface area contributed by atoms with Crippen molar-refractivity contribution in [1.82, 2.24) is 29.7 Å². The molecule has 326 valence electrons. The summed E-state index contributed by atoms with van der Waals surface area (Å²) in [6.07, 6.45) is 3.68. The zero-order valence-corrected chi connectivity index (χ0v) is 36.3. The van der Waals surface area contributed by atoms with Gasteiger partial charge in [0, 0.05) is 83.1 Å². The Bertz CT molecular complexity index is 3010. The third-order valence-electron chi connectivity index (χ3n) is 10.8. The summed E-state index contributed by atoms with van der Waals surface area (Å²) in [5, 5.41) is 15.9. The second-order valence-electron chi connectivity index (χ2n) is 15.5. The molecule has 15 nitrogen and oxygen atoms in total. The van der Waals surface area contributed by atoms with E-state index in [2.05, 4.69) is 32.5 Å². The molecule has 8 rings (SSSR count). The van der Waals surface area contributed by atoms with Crippen LogP contribution in [0.15, 0.2) is 103 Å². The first kappa shape index (κ1) is 43.0. The highest BCUT2D eigenvalue weighted by molar-refractivity contribution is 6.08. The lowest BCUT2D eigenvalue weighted by molar-refractivity contribution is 0.0444. The number of aromatic nitrogens is 5. The summed E-state index contributed by atoms with van der Waals surface area (Å²) >= 11 is 0. The highest BCUT2D eigenvalue weighted by Crippen LogP contribution is 2.39. The molecule has 1 aliphatic rings. The Morgan fingerprint density at radius 2 is 1.59 bits per heavy atom. The fourth-order valence-corrected chi connectivity index (χ4v) is 7.53. The van der Waals surface area contributed by atoms with Crippen LogP contribution in [0.1, 0.15) is 53.6 Å². The molecule has 0 spiro atoms. The van der Waals surface area contributed by atoms with Gasteiger partial charge in [-0.1, -0.05) is 42.1 Å². The number of nitrogens with zero attached hydrogens (tertiary/aromatic N) is 6. The number of esters is 1. The third kappa shape index (κ3) is 9.26. The zero-order valence-electron chi connectivity index (χ0n) is 36.3. The molecule has 7 aromatic rings. The van der Waals surface area contributed by atoms with E-state index in [0.29, 0.717) is 71.6 Å². The monoisotopic (exact) mass is 860 g/mol. The van der Waals surface area contributed by atoms with Crippen LogP contribution in [0.3, 0.4) is 0 Å². The largest absolute Gasteiger partial charge is 0.465 e. The zero-order chi connectivity index (χ0) is 44.9. The molecule has 3 aromatic heterocycles. The van der Waals surface area contributed by atoms with Gasteiger partial charge in [-0.05, 0) is 79.2 Å². The molecule has 0 saturated carbocycles. The van der Waals surface area contributed by atoms with Gasteiger partial charge in [0.15, 0.2) is 0 Å². The van der Waals surface area contributed by atoms with Crippen molar-refractivity contribution in [2.75, 3.05) is 64.4 Å². The average Bonchev–Trinajstić information content (AvgIpc) is 3.95. The van der Waals surface area contributed by atoms with Gasteiger partial charge < -0.3 is 38.9 Å². The summed E-state index contributed by atoms with van der Waals surface area (Å²) in [4.78, 5) is 46.1. The standard InChI is InChI=1S/C49H48N8O7/c1-30-7-14-38-43(25-30)64-44-28-36(55(4)5)13-16-39(44)45(38)37-15-10-34(27-41(37)49(60)61-6)47(58)50-18-21-62-23-24-63-22-20-56-29-42(53-54-56)33-8-11-35(12-9-33)52-48(59)40-17-19-57-32(3)26-31(2)51-46(40)57/h7-17,19,25-29H,1,18,20-24H2,2-6H3,(H,50,58)(H,52,59). The smallest absolute Gasteiger partial charge is 0.338 e. The van der Waals surface area contributed by atoms with Crippen LogP contribution in [-0.4, -0.2) is 96.3 Å². The van der Waals surface area contributed by atoms with Gasteiger partial charge in [0.25, 0.3) is 11.8 Å². The van der Waals surface area contributed by atoms with E-state index in [1.54, 1.807) is 28.9 Å². The number of aryl methyl sites for hydroxylation is 2. The van der Waals surface area contributed by atoms with Crippen LogP contribution in [0, 0.1) is 13.8 Å². The minimum Gasteiger partial charge on any atom is -0.465 e. The van der Waals surface area contributed by atoms with Gasteiger partial charge in [-0.25, -0.2) is 14.5 Å². The maximum absolute atomic E-state index is 13.3. The number of nitrogens with one attached hydrogen (secondary N) is 2. The number of anilines is 2. The highest BCUT2D eigenvalue weighted by Gasteiger charge is 2.26. The van der Waals surface area contributed by atoms with Crippen LogP contribution in [0.5, 0.6) is 11.5 Å². The van der Waals surface area contributed by atoms with E-state index in [0.717, 1.165) is 44.2 Å². The van der Waals surface area contributed by atoms with Crippen LogP contribution < -0.4 is 30.7 Å². The number of benzene rings is 4. The summed E-state index contributed by atoms with van der Waals surface area (Å²) in [5.74, 6) is 0.0998. The third-order valence-corrected chi connectivity index (χ3v) is 10.8. The molecule has 4 heterocycles. The van der Waals surface area contributed by atoms with Gasteiger partial charge in [-0.15, -0.1) is 5.10 Å². The second kappa shape index (κ2) is 18.8. The molecule has 0 radical (unpaired) electrons. The highest BCUT2D eigenvalue weighted by atomic mass is 16.5. The predicted octanol–water partition coefficient (Wildman–Crippen LogP) is 5.54. The number of hydrogen-bond donors (Lipinski definition) is 2. The van der Waals surface area contributed by atoms with Crippen molar-refractivity contribution in [2.45, 2.75) is 20.4 Å². The van der Waals surface area contributed by atoms with E-state index in [-0.39, 0.29) is 30.5 Å². The molecule has 0 saturated heterocycles. The lowest BCUT2D eigenvalue weighted by Crippen LogP contribution is -2.28. The number of hydrogen-bond acceptors (Lipinski definition) is 11. The van der Waals surface area contributed by atoms with Crippen molar-refractivity contribution in [3.63, 3.8) is 0 Å². The van der Waals surface area contributed by atoms with Gasteiger partial charge in [-0.2, -0.15) is 0 Å². The van der Waals surface area contributed by atoms with Crippen LogP contribution in [-0.2, 0) is 20.8 Å². The topological polar surface area (TPSA) is 163 Å². The Kier molecular flexibility index (Phi) is 12.6. The molecule has 0 unspecified atom stereocenters. The summed E-state index contributed by atoms with van der Waals surface area (Å²) in [7, 11) is 5.23. The molecule has 2 N–H and O–H groups in total. The SMILES string of the molecule is C=c1ccc2c(c1)Oc1cc(N(C)C)ccc1C=2c1ccc(C(=O)NCCOCCOCCn2cc(-c3ccc(NC(=O)c4ccn5c(C)cc(C)nc45)cc3)nn2)cc1C(=O)OC. The van der Waals surface area contributed by atoms with Crippen molar-refractivity contribution >= 4 is 47.0 Å². The molecule has 0 fully saturated rings. The lowest BCUT2D eigenvalue weighted by atomic mass is 9.88. The van der Waals surface area contributed by atoms with Gasteiger partial charge in [0.2, 0.25) is 0 Å². The number of amides is 2. The Labute approximate surface area is 369 Å². The first-order valence-corrected chi connectivity index (χ1v) is 20.7. The quantitative estimate of drug-likeness (QED) is 0.0927. The first-order valence-electron chi connectivity index (χ1n) is 20.7. The predicted molar refractivity (Wildman–Crippen MR) is 243 cm³/mol. The molecule has 15 heteroatoms. The Morgan fingerprint density at radius 1 is 0.812 bits per heavy atom. The van der Waals surface area contributed by atoms with Crippen molar-refractivity contribution in [1.29, 1.82) is 0 Å². The Morgan fingerprint density at radius 3 is 2.38 bits per heavy atom. The minimum atomic E-state index is -0.571. The first-order chi connectivity index (χ1) is 31.0. The fourth-order valence-electron chi connectivity index (χ4n) is 7.53. The average molecular weight is 861 g/mol. The maximum atomic E-state index is 13.3. The molecule has 0 bridgehead atoms. The molecule has 0 atom stereocenters. The van der Waals surface area contributed by atoms with Crippen LogP contribution in [0.4, 0.5) is 11.4 Å². The normalized spacial score (nSPS) is 11.7. The van der Waals surface area contributed by atoms with Gasteiger partial charge in [-0.3, -0.25) is 9.59 Å². The molecule has 2 amide bonds. The molecular formula is C49H48N8O7. The van der Waals surface area contributed by atoms with Gasteiger partial charge in [0.05, 0.1) is 57.4 Å². The molecule has 0 aliphatic carbocycles. The van der Waals surface area contributed by atoms with Crippen molar-refractivity contribution in [3.8, 4) is 22.8 Å². The summed E-state index contributed by atoms with van der Waals surface area (Å²) in [5.41, 5.74) is 8.89. The van der Waals surface area contributed by atoms with Crippen LogP contribution in [0.25, 0.3) is 29.1 Å². The van der Waals surface area contributed by atoms with E-state index in [4.69, 9.17) is 18.9 Å². The Hall–Kier alpha value is -7.62. The Balaban J connectivity index is 0.792. The van der Waals surface area contributed by atoms with E-state index < -0.39 is 5.97 Å². The molecule has 4 aromatic carbocycles. The summed E-state index contributed by atoms with van der Waals surface area (Å²) < 4.78 is 26.6. The summed E-state index contributed by atoms with van der Waals surface area (Å²) in [6, 6.07) is 27.8. The fraction of sp³-hybridized carbons (Fsp3) is 0.224. The van der Waals surface area contributed by atoms with Crippen LogP contribution in [0.2, 0.25) is 0 Å². The number of carbonyl (C=O) groups is 3. The number of ether oxygens (including phenoxy) is 4. The maximum Gasteiger partial charge on any atom is 0.338 e. The molecule has 1 aliphatic heterocycles. The van der Waals surface area contributed by atoms with Gasteiger partial charge in [0.1, 0.15) is 22.8 Å². The van der Waals surface area contributed by atoms with Crippen molar-refractivity contribution < 1.29 is 33.3 Å². The molecular weight excluding hydrogens is 813 g/mol. The lowest BCUT2D eigenvalue weighted by Gasteiger charge is -2.24. The van der Waals surface area contributed by atoms with E-state index in [1.807, 2.05) is 116 Å². The van der Waals surface area contributed by atoms with Crippen molar-refractivity contribution in [2.24, 2.45) is 0 Å². The second-order valence-corrected chi connectivity index (χ2v) is 15.5. The van der Waals surface area contributed by atoms with E-state index in [1.165, 1.54) is 7.11 Å². The minimum absolute atomic E-state index is 0.234. The number of methoxy groups -OCH3 is 1. The molecule has 64 heavy (non-hydrogen) atoms. The van der Waals surface area contributed by atoms with Crippen LogP contribution >= 0.6 is 0 Å².